The lowest BCUT2D eigenvalue weighted by Crippen LogP contribution is -2.31. The van der Waals surface area contributed by atoms with Gasteiger partial charge in [0.15, 0.2) is 0 Å². The highest BCUT2D eigenvalue weighted by molar-refractivity contribution is 7.87. The van der Waals surface area contributed by atoms with Gasteiger partial charge in [-0.3, -0.25) is 0 Å². The molecule has 1 aromatic heterocycles. The van der Waals surface area contributed by atoms with Crippen LogP contribution in [0.5, 0.6) is 0 Å². The first-order valence-corrected chi connectivity index (χ1v) is 6.91. The van der Waals surface area contributed by atoms with E-state index in [1.165, 1.54) is 21.2 Å². The van der Waals surface area contributed by atoms with E-state index in [9.17, 15) is 13.2 Å². The molecule has 9 heteroatoms. The number of esters is 1. The maximum absolute atomic E-state index is 12.0. The van der Waals surface area contributed by atoms with Crippen molar-refractivity contribution in [1.82, 2.24) is 13.5 Å². The van der Waals surface area contributed by atoms with E-state index < -0.39 is 16.2 Å². The Balaban J connectivity index is 3.32. The number of nitrogens with zero attached hydrogens (tertiary/aromatic N) is 3. The van der Waals surface area contributed by atoms with Gasteiger partial charge in [0.1, 0.15) is 5.56 Å². The molecule has 1 heterocycles. The normalized spacial score (nSPS) is 11.8. The average Bonchev–Trinajstić information content (AvgIpc) is 2.74. The molecule has 0 atom stereocenters. The van der Waals surface area contributed by atoms with Crippen LogP contribution in [0.15, 0.2) is 6.20 Å². The Kier molecular flexibility index (Phi) is 5.04. The largest absolute Gasteiger partial charge is 0.462 e. The van der Waals surface area contributed by atoms with Crippen LogP contribution in [0.1, 0.15) is 23.0 Å². The van der Waals surface area contributed by atoms with Crippen LogP contribution in [0.25, 0.3) is 0 Å². The number of hydrogen-bond acceptors (Lipinski definition) is 6. The molecule has 0 amide bonds. The van der Waals surface area contributed by atoms with Gasteiger partial charge in [0.05, 0.1) is 25.1 Å². The monoisotopic (exact) mass is 291 g/mol. The SMILES string of the molecule is CCOC(=O)c1cnn(S(=O)(=O)N(C)C)c1COC. The number of rotatable bonds is 6. The number of carbonyl (C=O) groups is 1. The zero-order chi connectivity index (χ0) is 14.6. The van der Waals surface area contributed by atoms with Crippen molar-refractivity contribution in [2.45, 2.75) is 13.5 Å². The minimum atomic E-state index is -3.81. The standard InChI is InChI=1S/C10H17N3O5S/c1-5-18-10(14)8-6-11-13(9(8)7-17-4)19(15,16)12(2)3/h6H,5,7H2,1-4H3. The van der Waals surface area contributed by atoms with Crippen molar-refractivity contribution in [2.75, 3.05) is 27.8 Å². The summed E-state index contributed by atoms with van der Waals surface area (Å²) in [5, 5.41) is 3.74. The summed E-state index contributed by atoms with van der Waals surface area (Å²) in [4.78, 5) is 11.7. The first-order chi connectivity index (χ1) is 8.86. The van der Waals surface area contributed by atoms with Gasteiger partial charge in [0.25, 0.3) is 0 Å². The molecule has 0 N–H and O–H groups in total. The van der Waals surface area contributed by atoms with Crippen molar-refractivity contribution in [3.05, 3.63) is 17.5 Å². The van der Waals surface area contributed by atoms with E-state index >= 15 is 0 Å². The molecule has 1 rings (SSSR count). The van der Waals surface area contributed by atoms with Crippen molar-refractivity contribution in [2.24, 2.45) is 0 Å². The van der Waals surface area contributed by atoms with Gasteiger partial charge in [-0.05, 0) is 6.92 Å². The van der Waals surface area contributed by atoms with Gasteiger partial charge >= 0.3 is 16.2 Å². The van der Waals surface area contributed by atoms with Gasteiger partial charge < -0.3 is 9.47 Å². The molecule has 0 spiro atoms. The molecule has 0 aliphatic heterocycles. The van der Waals surface area contributed by atoms with E-state index in [4.69, 9.17) is 9.47 Å². The van der Waals surface area contributed by atoms with Gasteiger partial charge in [-0.15, -0.1) is 4.09 Å². The Morgan fingerprint density at radius 2 is 2.11 bits per heavy atom. The zero-order valence-electron chi connectivity index (χ0n) is 11.3. The summed E-state index contributed by atoms with van der Waals surface area (Å²) in [7, 11) is 0.336. The van der Waals surface area contributed by atoms with Crippen LogP contribution in [-0.4, -0.2) is 55.7 Å². The molecule has 0 radical (unpaired) electrons. The van der Waals surface area contributed by atoms with E-state index in [0.717, 1.165) is 14.6 Å². The predicted octanol–water partition coefficient (Wildman–Crippen LogP) is -0.139. The number of carbonyl (C=O) groups excluding carboxylic acids is 1. The van der Waals surface area contributed by atoms with Crippen LogP contribution in [0.3, 0.4) is 0 Å². The molecule has 0 bridgehead atoms. The zero-order valence-corrected chi connectivity index (χ0v) is 12.1. The van der Waals surface area contributed by atoms with Gasteiger partial charge in [-0.2, -0.15) is 17.8 Å². The van der Waals surface area contributed by atoms with Crippen LogP contribution in [0, 0.1) is 0 Å². The van der Waals surface area contributed by atoms with Gasteiger partial charge in [0, 0.05) is 21.2 Å². The summed E-state index contributed by atoms with van der Waals surface area (Å²) in [6, 6.07) is 0. The molecule has 1 aromatic rings. The molecule has 0 saturated carbocycles. The molecular formula is C10H17N3O5S. The van der Waals surface area contributed by atoms with Crippen molar-refractivity contribution >= 4 is 16.2 Å². The van der Waals surface area contributed by atoms with Crippen molar-refractivity contribution in [3.8, 4) is 0 Å². The fraction of sp³-hybridized carbons (Fsp3) is 0.600. The number of hydrogen-bond donors (Lipinski definition) is 0. The minimum Gasteiger partial charge on any atom is -0.462 e. The fourth-order valence-corrected chi connectivity index (χ4v) is 2.27. The topological polar surface area (TPSA) is 90.7 Å². The van der Waals surface area contributed by atoms with Crippen LogP contribution in [0.2, 0.25) is 0 Å². The number of ether oxygens (including phenoxy) is 2. The molecule has 8 nitrogen and oxygen atoms in total. The maximum Gasteiger partial charge on any atom is 0.341 e. The van der Waals surface area contributed by atoms with Crippen LogP contribution in [0.4, 0.5) is 0 Å². The van der Waals surface area contributed by atoms with E-state index in [0.29, 0.717) is 0 Å². The van der Waals surface area contributed by atoms with E-state index in [1.807, 2.05) is 0 Å². The lowest BCUT2D eigenvalue weighted by Gasteiger charge is -2.13. The summed E-state index contributed by atoms with van der Waals surface area (Å²) in [6.07, 6.45) is 1.16. The maximum atomic E-state index is 12.0. The molecule has 0 aliphatic rings. The van der Waals surface area contributed by atoms with Crippen molar-refractivity contribution in [1.29, 1.82) is 0 Å². The summed E-state index contributed by atoms with van der Waals surface area (Å²) in [5.41, 5.74) is 0.212. The molecule has 0 saturated heterocycles. The third kappa shape index (κ3) is 3.11. The molecule has 0 unspecified atom stereocenters. The third-order valence-electron chi connectivity index (χ3n) is 2.29. The molecule has 0 aromatic carbocycles. The second kappa shape index (κ2) is 6.13. The Hall–Kier alpha value is -1.45. The van der Waals surface area contributed by atoms with Crippen molar-refractivity contribution in [3.63, 3.8) is 0 Å². The van der Waals surface area contributed by atoms with E-state index in [-0.39, 0.29) is 24.5 Å². The number of methoxy groups -OCH3 is 1. The fourth-order valence-electron chi connectivity index (χ4n) is 1.36. The molecule has 19 heavy (non-hydrogen) atoms. The summed E-state index contributed by atoms with van der Waals surface area (Å²) < 4.78 is 35.6. The molecule has 108 valence electrons. The van der Waals surface area contributed by atoms with Gasteiger partial charge in [-0.1, -0.05) is 0 Å². The average molecular weight is 291 g/mol. The second-order valence-corrected chi connectivity index (χ2v) is 5.76. The quantitative estimate of drug-likeness (QED) is 0.678. The van der Waals surface area contributed by atoms with E-state index in [2.05, 4.69) is 5.10 Å². The van der Waals surface area contributed by atoms with E-state index in [1.54, 1.807) is 6.92 Å². The lowest BCUT2D eigenvalue weighted by atomic mass is 10.2. The molecular weight excluding hydrogens is 274 g/mol. The highest BCUT2D eigenvalue weighted by atomic mass is 32.2. The second-order valence-electron chi connectivity index (χ2n) is 3.79. The number of aromatic nitrogens is 2. The van der Waals surface area contributed by atoms with Crippen LogP contribution in [-0.2, 0) is 26.3 Å². The van der Waals surface area contributed by atoms with Gasteiger partial charge in [0.2, 0.25) is 0 Å². The van der Waals surface area contributed by atoms with Crippen molar-refractivity contribution < 1.29 is 22.7 Å². The first-order valence-electron chi connectivity index (χ1n) is 5.52. The summed E-state index contributed by atoms with van der Waals surface area (Å²) in [5.74, 6) is -0.630. The van der Waals surface area contributed by atoms with Crippen LogP contribution >= 0.6 is 0 Å². The smallest absolute Gasteiger partial charge is 0.341 e. The third-order valence-corrected chi connectivity index (χ3v) is 3.96. The summed E-state index contributed by atoms with van der Waals surface area (Å²) in [6.45, 7) is 1.78. The predicted molar refractivity (Wildman–Crippen MR) is 66.9 cm³/mol. The summed E-state index contributed by atoms with van der Waals surface area (Å²) >= 11 is 0. The molecule has 0 aliphatic carbocycles. The lowest BCUT2D eigenvalue weighted by molar-refractivity contribution is 0.0521. The molecule has 0 fully saturated rings. The highest BCUT2D eigenvalue weighted by Crippen LogP contribution is 2.15. The Bertz CT molecular complexity index is 550. The minimum absolute atomic E-state index is 0.0682. The highest BCUT2D eigenvalue weighted by Gasteiger charge is 2.26. The van der Waals surface area contributed by atoms with Gasteiger partial charge in [-0.25, -0.2) is 4.79 Å². The van der Waals surface area contributed by atoms with Crippen LogP contribution < -0.4 is 0 Å². The Morgan fingerprint density at radius 3 is 2.58 bits per heavy atom. The first kappa shape index (κ1) is 15.6. The Morgan fingerprint density at radius 1 is 1.47 bits per heavy atom. The Labute approximate surface area is 112 Å².